The molecule has 0 spiro atoms. The molecule has 1 unspecified atom stereocenters. The maximum atomic E-state index is 12.6. The molecule has 1 atom stereocenters. The Morgan fingerprint density at radius 2 is 2.12 bits per heavy atom. The van der Waals surface area contributed by atoms with Crippen LogP contribution in [0.2, 0.25) is 0 Å². The van der Waals surface area contributed by atoms with E-state index in [-0.39, 0.29) is 5.91 Å². The third-order valence-electron chi connectivity index (χ3n) is 4.61. The molecule has 1 aromatic heterocycles. The van der Waals surface area contributed by atoms with E-state index in [9.17, 15) is 4.79 Å². The Kier molecular flexibility index (Phi) is 5.31. The molecule has 24 heavy (non-hydrogen) atoms. The molecule has 2 heterocycles. The van der Waals surface area contributed by atoms with E-state index in [1.54, 1.807) is 11.3 Å². The third-order valence-corrected chi connectivity index (χ3v) is 5.50. The largest absolute Gasteiger partial charge is 0.337 e. The monoisotopic (exact) mass is 343 g/mol. The lowest BCUT2D eigenvalue weighted by atomic mass is 10.0. The lowest BCUT2D eigenvalue weighted by Gasteiger charge is -2.15. The van der Waals surface area contributed by atoms with E-state index >= 15 is 0 Å². The van der Waals surface area contributed by atoms with E-state index in [1.165, 1.54) is 5.56 Å². The average molecular weight is 343 g/mol. The van der Waals surface area contributed by atoms with Crippen LogP contribution in [0.3, 0.4) is 0 Å². The number of aromatic nitrogens is 1. The zero-order chi connectivity index (χ0) is 17.1. The van der Waals surface area contributed by atoms with Gasteiger partial charge in [-0.2, -0.15) is 0 Å². The average Bonchev–Trinajstić information content (AvgIpc) is 3.24. The molecule has 0 bridgehead atoms. The molecule has 128 valence electrons. The molecule has 1 amide bonds. The van der Waals surface area contributed by atoms with E-state index in [1.807, 2.05) is 17.3 Å². The van der Waals surface area contributed by atoms with Gasteiger partial charge in [0.05, 0.1) is 0 Å². The lowest BCUT2D eigenvalue weighted by Crippen LogP contribution is -2.30. The number of carbonyl (C=O) groups is 1. The van der Waals surface area contributed by atoms with Crippen molar-refractivity contribution in [2.24, 2.45) is 5.92 Å². The number of nitrogens with one attached hydrogen (secondary N) is 1. The summed E-state index contributed by atoms with van der Waals surface area (Å²) in [7, 11) is 1.96. The van der Waals surface area contributed by atoms with Gasteiger partial charge >= 0.3 is 0 Å². The van der Waals surface area contributed by atoms with Crippen molar-refractivity contribution in [3.05, 3.63) is 40.9 Å². The Balaban J connectivity index is 1.70. The first kappa shape index (κ1) is 17.1. The Labute approximate surface area is 147 Å². The van der Waals surface area contributed by atoms with Gasteiger partial charge in [0.1, 0.15) is 10.7 Å². The van der Waals surface area contributed by atoms with Crippen LogP contribution in [-0.2, 0) is 0 Å². The first-order valence-electron chi connectivity index (χ1n) is 8.58. The van der Waals surface area contributed by atoms with Gasteiger partial charge in [-0.25, -0.2) is 4.98 Å². The van der Waals surface area contributed by atoms with Gasteiger partial charge in [-0.05, 0) is 37.4 Å². The van der Waals surface area contributed by atoms with Crippen LogP contribution in [0.4, 0.5) is 0 Å². The number of hydrogen-bond donors (Lipinski definition) is 1. The molecular formula is C19H25N3OS. The summed E-state index contributed by atoms with van der Waals surface area (Å²) in [5, 5.41) is 6.00. The number of likely N-dealkylation sites (tertiary alicyclic amines) is 1. The van der Waals surface area contributed by atoms with E-state index < -0.39 is 0 Å². The maximum absolute atomic E-state index is 12.6. The van der Waals surface area contributed by atoms with Crippen molar-refractivity contribution in [1.82, 2.24) is 15.2 Å². The zero-order valence-corrected chi connectivity index (χ0v) is 15.4. The molecule has 1 fully saturated rings. The highest BCUT2D eigenvalue weighted by atomic mass is 32.1. The summed E-state index contributed by atoms with van der Waals surface area (Å²) in [5.74, 6) is 1.14. The molecule has 0 radical (unpaired) electrons. The van der Waals surface area contributed by atoms with Gasteiger partial charge in [-0.3, -0.25) is 4.79 Å². The maximum Gasteiger partial charge on any atom is 0.273 e. The van der Waals surface area contributed by atoms with Crippen molar-refractivity contribution < 1.29 is 4.79 Å². The van der Waals surface area contributed by atoms with Crippen molar-refractivity contribution in [3.63, 3.8) is 0 Å². The van der Waals surface area contributed by atoms with Crippen LogP contribution >= 0.6 is 11.3 Å². The number of carbonyl (C=O) groups excluding carboxylic acids is 1. The molecule has 1 aromatic carbocycles. The number of nitrogens with zero attached hydrogens (tertiary/aromatic N) is 2. The van der Waals surface area contributed by atoms with Crippen LogP contribution in [0.15, 0.2) is 29.6 Å². The minimum Gasteiger partial charge on any atom is -0.337 e. The molecule has 2 aromatic rings. The number of rotatable bonds is 5. The molecule has 5 heteroatoms. The molecule has 1 aliphatic rings. The third kappa shape index (κ3) is 3.68. The molecule has 0 aliphatic carbocycles. The van der Waals surface area contributed by atoms with Crippen molar-refractivity contribution in [2.45, 2.75) is 26.2 Å². The van der Waals surface area contributed by atoms with Crippen molar-refractivity contribution >= 4 is 17.2 Å². The first-order valence-corrected chi connectivity index (χ1v) is 9.46. The van der Waals surface area contributed by atoms with E-state index in [0.717, 1.165) is 36.6 Å². The summed E-state index contributed by atoms with van der Waals surface area (Å²) in [5.41, 5.74) is 2.98. The Morgan fingerprint density at radius 3 is 2.79 bits per heavy atom. The highest BCUT2D eigenvalue weighted by molar-refractivity contribution is 7.13. The second kappa shape index (κ2) is 7.45. The van der Waals surface area contributed by atoms with Gasteiger partial charge < -0.3 is 10.2 Å². The first-order chi connectivity index (χ1) is 11.6. The fraction of sp³-hybridized carbons (Fsp3) is 0.474. The van der Waals surface area contributed by atoms with Gasteiger partial charge in [0.2, 0.25) is 0 Å². The normalized spacial score (nSPS) is 17.7. The summed E-state index contributed by atoms with van der Waals surface area (Å²) < 4.78 is 0. The lowest BCUT2D eigenvalue weighted by molar-refractivity contribution is 0.0782. The highest BCUT2D eigenvalue weighted by Gasteiger charge is 2.27. The molecular weight excluding hydrogens is 318 g/mol. The van der Waals surface area contributed by atoms with Gasteiger partial charge in [0.15, 0.2) is 0 Å². The Bertz CT molecular complexity index is 693. The van der Waals surface area contributed by atoms with E-state index in [4.69, 9.17) is 0 Å². The second-order valence-electron chi connectivity index (χ2n) is 6.78. The Hall–Kier alpha value is -1.72. The van der Waals surface area contributed by atoms with Gasteiger partial charge in [-0.15, -0.1) is 11.3 Å². The van der Waals surface area contributed by atoms with Gasteiger partial charge in [0, 0.05) is 24.0 Å². The minimum atomic E-state index is 0.0647. The van der Waals surface area contributed by atoms with Crippen molar-refractivity contribution in [2.75, 3.05) is 26.7 Å². The van der Waals surface area contributed by atoms with Crippen LogP contribution < -0.4 is 5.32 Å². The molecule has 1 aliphatic heterocycles. The number of benzene rings is 1. The van der Waals surface area contributed by atoms with Gasteiger partial charge in [0.25, 0.3) is 5.91 Å². The predicted molar refractivity (Wildman–Crippen MR) is 99.6 cm³/mol. The molecule has 1 N–H and O–H groups in total. The summed E-state index contributed by atoms with van der Waals surface area (Å²) in [6.45, 7) is 7.00. The summed E-state index contributed by atoms with van der Waals surface area (Å²) >= 11 is 1.54. The minimum absolute atomic E-state index is 0.0647. The topological polar surface area (TPSA) is 45.2 Å². The number of hydrogen-bond acceptors (Lipinski definition) is 4. The zero-order valence-electron chi connectivity index (χ0n) is 14.6. The number of amides is 1. The fourth-order valence-electron chi connectivity index (χ4n) is 3.15. The van der Waals surface area contributed by atoms with Crippen LogP contribution in [-0.4, -0.2) is 42.5 Å². The van der Waals surface area contributed by atoms with Crippen LogP contribution in [0.1, 0.15) is 42.2 Å². The predicted octanol–water partition coefficient (Wildman–Crippen LogP) is 3.62. The van der Waals surface area contributed by atoms with E-state index in [2.05, 4.69) is 48.4 Å². The smallest absolute Gasteiger partial charge is 0.273 e. The molecule has 3 rings (SSSR count). The van der Waals surface area contributed by atoms with E-state index in [0.29, 0.717) is 17.5 Å². The molecule has 4 nitrogen and oxygen atoms in total. The number of thiazole rings is 1. The summed E-state index contributed by atoms with van der Waals surface area (Å²) in [6, 6.07) is 8.49. The highest BCUT2D eigenvalue weighted by Crippen LogP contribution is 2.27. The van der Waals surface area contributed by atoms with Crippen LogP contribution in [0, 0.1) is 5.92 Å². The quantitative estimate of drug-likeness (QED) is 0.902. The van der Waals surface area contributed by atoms with Crippen molar-refractivity contribution in [1.29, 1.82) is 0 Å². The SMILES string of the molecule is CNCC1CCN(C(=O)c2csc(-c3ccc(C(C)C)cc3)n2)C1. The standard InChI is InChI=1S/C19H25N3OS/c1-13(2)15-4-6-16(7-5-15)18-21-17(12-24-18)19(23)22-9-8-14(11-22)10-20-3/h4-7,12-14,20H,8-11H2,1-3H3. The molecule has 0 saturated carbocycles. The Morgan fingerprint density at radius 1 is 1.38 bits per heavy atom. The summed E-state index contributed by atoms with van der Waals surface area (Å²) in [4.78, 5) is 19.1. The van der Waals surface area contributed by atoms with Gasteiger partial charge in [-0.1, -0.05) is 38.1 Å². The fourth-order valence-corrected chi connectivity index (χ4v) is 3.95. The second-order valence-corrected chi connectivity index (χ2v) is 7.64. The van der Waals surface area contributed by atoms with Crippen LogP contribution in [0.5, 0.6) is 0 Å². The van der Waals surface area contributed by atoms with Crippen LogP contribution in [0.25, 0.3) is 10.6 Å². The van der Waals surface area contributed by atoms with Crippen molar-refractivity contribution in [3.8, 4) is 10.6 Å². The molecule has 1 saturated heterocycles. The summed E-state index contributed by atoms with van der Waals surface area (Å²) in [6.07, 6.45) is 1.07.